The van der Waals surface area contributed by atoms with Gasteiger partial charge in [0.05, 0.1) is 24.8 Å². The average Bonchev–Trinajstić information content (AvgIpc) is 2.72. The number of hydrogen-bond acceptors (Lipinski definition) is 3. The second-order valence-corrected chi connectivity index (χ2v) is 4.07. The van der Waals surface area contributed by atoms with Crippen LogP contribution in [0.2, 0.25) is 5.02 Å². The highest BCUT2D eigenvalue weighted by Gasteiger charge is 2.08. The molecule has 0 unspecified atom stereocenters. The van der Waals surface area contributed by atoms with E-state index in [1.54, 1.807) is 30.7 Å². The normalized spacial score (nSPS) is 10.5. The van der Waals surface area contributed by atoms with Gasteiger partial charge in [-0.15, -0.1) is 0 Å². The van der Waals surface area contributed by atoms with Crippen molar-refractivity contribution in [3.05, 3.63) is 47.0 Å². The lowest BCUT2D eigenvalue weighted by Crippen LogP contribution is -2.03. The molecule has 0 bridgehead atoms. The zero-order chi connectivity index (χ0) is 12.3. The molecule has 5 heteroatoms. The van der Waals surface area contributed by atoms with Crippen LogP contribution in [0.3, 0.4) is 0 Å². The summed E-state index contributed by atoms with van der Waals surface area (Å²) in [6, 6.07) is 5.30. The Hall–Kier alpha value is -1.52. The third kappa shape index (κ3) is 2.60. The Morgan fingerprint density at radius 3 is 2.94 bits per heavy atom. The minimum Gasteiger partial charge on any atom is -0.487 e. The van der Waals surface area contributed by atoms with E-state index in [9.17, 15) is 5.11 Å². The van der Waals surface area contributed by atoms with E-state index >= 15 is 0 Å². The summed E-state index contributed by atoms with van der Waals surface area (Å²) in [4.78, 5) is 4.00. The number of aliphatic hydroxyl groups is 1. The molecule has 0 aliphatic rings. The molecule has 0 amide bonds. The first-order valence-electron chi connectivity index (χ1n) is 5.18. The molecule has 0 spiro atoms. The Balaban J connectivity index is 2.14. The van der Waals surface area contributed by atoms with Crippen LogP contribution in [-0.2, 0) is 20.3 Å². The molecule has 1 aromatic carbocycles. The van der Waals surface area contributed by atoms with Crippen molar-refractivity contribution < 1.29 is 9.84 Å². The van der Waals surface area contributed by atoms with Crippen molar-refractivity contribution in [1.29, 1.82) is 0 Å². The molecule has 0 aliphatic carbocycles. The van der Waals surface area contributed by atoms with Crippen LogP contribution in [0.15, 0.2) is 30.7 Å². The number of imidazole rings is 1. The highest BCUT2D eigenvalue weighted by atomic mass is 35.5. The van der Waals surface area contributed by atoms with E-state index in [-0.39, 0.29) is 6.61 Å². The molecule has 2 rings (SSSR count). The van der Waals surface area contributed by atoms with Gasteiger partial charge in [0.15, 0.2) is 0 Å². The Kier molecular flexibility index (Phi) is 3.66. The predicted octanol–water partition coefficient (Wildman–Crippen LogP) is 2.14. The highest BCUT2D eigenvalue weighted by Crippen LogP contribution is 2.26. The van der Waals surface area contributed by atoms with E-state index in [1.807, 2.05) is 11.6 Å². The molecule has 17 heavy (non-hydrogen) atoms. The fraction of sp³-hybridized carbons (Fsp3) is 0.250. The SMILES string of the molecule is Cn1cncc1COc1cccc(Cl)c1CO. The summed E-state index contributed by atoms with van der Waals surface area (Å²) in [7, 11) is 1.90. The number of halogens is 1. The van der Waals surface area contributed by atoms with E-state index in [0.717, 1.165) is 5.69 Å². The largest absolute Gasteiger partial charge is 0.487 e. The van der Waals surface area contributed by atoms with E-state index in [1.165, 1.54) is 0 Å². The first kappa shape index (κ1) is 12.0. The zero-order valence-electron chi connectivity index (χ0n) is 9.43. The van der Waals surface area contributed by atoms with Gasteiger partial charge in [-0.2, -0.15) is 0 Å². The topological polar surface area (TPSA) is 47.3 Å². The van der Waals surface area contributed by atoms with Gasteiger partial charge in [-0.25, -0.2) is 4.98 Å². The van der Waals surface area contributed by atoms with Crippen molar-refractivity contribution in [2.24, 2.45) is 7.05 Å². The van der Waals surface area contributed by atoms with E-state index in [2.05, 4.69) is 4.98 Å². The average molecular weight is 253 g/mol. The standard InChI is InChI=1S/C12H13ClN2O2/c1-15-8-14-5-9(15)7-17-12-4-2-3-11(13)10(12)6-16/h2-5,8,16H,6-7H2,1H3. The molecular formula is C12H13ClN2O2. The summed E-state index contributed by atoms with van der Waals surface area (Å²) >= 11 is 5.96. The molecule has 0 aliphatic heterocycles. The second kappa shape index (κ2) is 5.21. The lowest BCUT2D eigenvalue weighted by Gasteiger charge is -2.11. The summed E-state index contributed by atoms with van der Waals surface area (Å²) in [5.74, 6) is 0.598. The van der Waals surface area contributed by atoms with Crippen molar-refractivity contribution in [2.45, 2.75) is 13.2 Å². The third-order valence-corrected chi connectivity index (χ3v) is 2.88. The van der Waals surface area contributed by atoms with Gasteiger partial charge >= 0.3 is 0 Å². The smallest absolute Gasteiger partial charge is 0.130 e. The molecular weight excluding hydrogens is 240 g/mol. The Morgan fingerprint density at radius 2 is 2.29 bits per heavy atom. The molecule has 1 N–H and O–H groups in total. The van der Waals surface area contributed by atoms with Gasteiger partial charge < -0.3 is 14.4 Å². The van der Waals surface area contributed by atoms with Crippen molar-refractivity contribution in [1.82, 2.24) is 9.55 Å². The van der Waals surface area contributed by atoms with Gasteiger partial charge in [0.25, 0.3) is 0 Å². The summed E-state index contributed by atoms with van der Waals surface area (Å²) in [5.41, 5.74) is 1.56. The maximum atomic E-state index is 9.23. The number of hydrogen-bond donors (Lipinski definition) is 1. The molecule has 0 fully saturated rings. The number of benzene rings is 1. The monoisotopic (exact) mass is 252 g/mol. The van der Waals surface area contributed by atoms with E-state index in [0.29, 0.717) is 22.9 Å². The number of rotatable bonds is 4. The molecule has 4 nitrogen and oxygen atoms in total. The van der Waals surface area contributed by atoms with Crippen LogP contribution in [0, 0.1) is 0 Å². The van der Waals surface area contributed by atoms with Crippen LogP contribution in [0.25, 0.3) is 0 Å². The molecule has 90 valence electrons. The van der Waals surface area contributed by atoms with Gasteiger partial charge in [0.1, 0.15) is 12.4 Å². The lowest BCUT2D eigenvalue weighted by molar-refractivity contribution is 0.256. The molecule has 2 aromatic rings. The van der Waals surface area contributed by atoms with E-state index in [4.69, 9.17) is 16.3 Å². The Bertz CT molecular complexity index is 511. The Morgan fingerprint density at radius 1 is 1.47 bits per heavy atom. The molecule has 0 saturated carbocycles. The number of aryl methyl sites for hydroxylation is 1. The molecule has 1 heterocycles. The molecule has 0 radical (unpaired) electrons. The van der Waals surface area contributed by atoms with Crippen LogP contribution < -0.4 is 4.74 Å². The van der Waals surface area contributed by atoms with Crippen molar-refractivity contribution in [2.75, 3.05) is 0 Å². The maximum Gasteiger partial charge on any atom is 0.130 e. The second-order valence-electron chi connectivity index (χ2n) is 3.66. The molecule has 1 aromatic heterocycles. The van der Waals surface area contributed by atoms with Crippen LogP contribution >= 0.6 is 11.6 Å². The third-order valence-electron chi connectivity index (χ3n) is 2.53. The fourth-order valence-corrected chi connectivity index (χ4v) is 1.73. The van der Waals surface area contributed by atoms with Crippen LogP contribution in [-0.4, -0.2) is 14.7 Å². The first-order chi connectivity index (χ1) is 8.22. The van der Waals surface area contributed by atoms with E-state index < -0.39 is 0 Å². The van der Waals surface area contributed by atoms with Crippen molar-refractivity contribution in [3.63, 3.8) is 0 Å². The minimum atomic E-state index is -0.138. The maximum absolute atomic E-state index is 9.23. The van der Waals surface area contributed by atoms with Gasteiger partial charge in [0.2, 0.25) is 0 Å². The van der Waals surface area contributed by atoms with Gasteiger partial charge in [-0.3, -0.25) is 0 Å². The number of ether oxygens (including phenoxy) is 1. The fourth-order valence-electron chi connectivity index (χ4n) is 1.50. The van der Waals surface area contributed by atoms with Crippen molar-refractivity contribution in [3.8, 4) is 5.75 Å². The van der Waals surface area contributed by atoms with Gasteiger partial charge in [-0.05, 0) is 12.1 Å². The number of aliphatic hydroxyl groups excluding tert-OH is 1. The minimum absolute atomic E-state index is 0.138. The zero-order valence-corrected chi connectivity index (χ0v) is 10.2. The Labute approximate surface area is 104 Å². The van der Waals surface area contributed by atoms with Crippen LogP contribution in [0.5, 0.6) is 5.75 Å². The summed E-state index contributed by atoms with van der Waals surface area (Å²) in [6.45, 7) is 0.254. The summed E-state index contributed by atoms with van der Waals surface area (Å²) in [6.07, 6.45) is 3.45. The van der Waals surface area contributed by atoms with Crippen LogP contribution in [0.4, 0.5) is 0 Å². The molecule has 0 saturated heterocycles. The van der Waals surface area contributed by atoms with Crippen molar-refractivity contribution >= 4 is 11.6 Å². The quantitative estimate of drug-likeness (QED) is 0.907. The first-order valence-corrected chi connectivity index (χ1v) is 5.56. The number of nitrogens with zero attached hydrogens (tertiary/aromatic N) is 2. The highest BCUT2D eigenvalue weighted by molar-refractivity contribution is 6.31. The molecule has 0 atom stereocenters. The summed E-state index contributed by atoms with van der Waals surface area (Å²) in [5, 5.41) is 9.74. The summed E-state index contributed by atoms with van der Waals surface area (Å²) < 4.78 is 7.51. The lowest BCUT2D eigenvalue weighted by atomic mass is 10.2. The van der Waals surface area contributed by atoms with Crippen LogP contribution in [0.1, 0.15) is 11.3 Å². The van der Waals surface area contributed by atoms with Gasteiger partial charge in [-0.1, -0.05) is 17.7 Å². The number of aromatic nitrogens is 2. The van der Waals surface area contributed by atoms with Gasteiger partial charge in [0, 0.05) is 17.6 Å². The predicted molar refractivity (Wildman–Crippen MR) is 64.9 cm³/mol.